The molecule has 0 saturated heterocycles. The van der Waals surface area contributed by atoms with Crippen molar-refractivity contribution in [2.75, 3.05) is 7.11 Å². The number of methoxy groups -OCH3 is 1. The number of aliphatic hydroxyl groups is 1. The predicted octanol–water partition coefficient (Wildman–Crippen LogP) is 1.35. The molecule has 1 aromatic carbocycles. The number of carbonyl (C=O) groups excluding carboxylic acids is 2. The van der Waals surface area contributed by atoms with Gasteiger partial charge in [-0.25, -0.2) is 14.2 Å². The smallest absolute Gasteiger partial charge is 0.373 e. The summed E-state index contributed by atoms with van der Waals surface area (Å²) in [6, 6.07) is 4.91. The van der Waals surface area contributed by atoms with Crippen LogP contribution in [0, 0.1) is 5.82 Å². The molecule has 0 aromatic heterocycles. The number of carbonyl (C=O) groups is 2. The zero-order valence-electron chi connectivity index (χ0n) is 11.7. The summed E-state index contributed by atoms with van der Waals surface area (Å²) < 4.78 is 22.4. The Morgan fingerprint density at radius 2 is 2.09 bits per heavy atom. The number of ether oxygens (including phenoxy) is 2. The standard InChI is InChI=1S/C15H14FNO5/c1-21-15(20)12(19)7-11(18)14-13(22-8-17-14)6-9-2-4-10(16)5-3-9/h2-5,7-8,13-14,19H,6H2,1H3/b12-7-. The second kappa shape index (κ2) is 6.84. The summed E-state index contributed by atoms with van der Waals surface area (Å²) in [5, 5.41) is 9.39. The van der Waals surface area contributed by atoms with Crippen LogP contribution in [0.2, 0.25) is 0 Å². The van der Waals surface area contributed by atoms with Crippen LogP contribution >= 0.6 is 0 Å². The van der Waals surface area contributed by atoms with E-state index in [-0.39, 0.29) is 5.82 Å². The highest BCUT2D eigenvalue weighted by molar-refractivity contribution is 6.01. The summed E-state index contributed by atoms with van der Waals surface area (Å²) in [5.41, 5.74) is 0.774. The zero-order chi connectivity index (χ0) is 16.1. The van der Waals surface area contributed by atoms with Crippen molar-refractivity contribution in [2.24, 2.45) is 4.99 Å². The van der Waals surface area contributed by atoms with Crippen molar-refractivity contribution in [3.63, 3.8) is 0 Å². The average Bonchev–Trinajstić information content (AvgIpc) is 2.96. The van der Waals surface area contributed by atoms with E-state index in [0.29, 0.717) is 6.42 Å². The summed E-state index contributed by atoms with van der Waals surface area (Å²) in [4.78, 5) is 27.0. The highest BCUT2D eigenvalue weighted by Crippen LogP contribution is 2.17. The molecular weight excluding hydrogens is 293 g/mol. The molecule has 0 saturated carbocycles. The molecule has 0 aliphatic carbocycles. The van der Waals surface area contributed by atoms with Crippen LogP contribution in [-0.2, 0) is 25.5 Å². The summed E-state index contributed by atoms with van der Waals surface area (Å²) in [5.74, 6) is -2.74. The van der Waals surface area contributed by atoms with Gasteiger partial charge in [-0.05, 0) is 17.7 Å². The highest BCUT2D eigenvalue weighted by Gasteiger charge is 2.32. The molecule has 22 heavy (non-hydrogen) atoms. The summed E-state index contributed by atoms with van der Waals surface area (Å²) in [6.07, 6.45) is 1.67. The van der Waals surface area contributed by atoms with Crippen molar-refractivity contribution in [2.45, 2.75) is 18.6 Å². The van der Waals surface area contributed by atoms with Gasteiger partial charge in [-0.1, -0.05) is 12.1 Å². The minimum absolute atomic E-state index is 0.337. The predicted molar refractivity (Wildman–Crippen MR) is 75.0 cm³/mol. The maximum Gasteiger partial charge on any atom is 0.373 e. The fraction of sp³-hybridized carbons (Fsp3) is 0.267. The van der Waals surface area contributed by atoms with Crippen molar-refractivity contribution in [3.8, 4) is 0 Å². The molecule has 7 heteroatoms. The number of esters is 1. The SMILES string of the molecule is COC(=O)/C(O)=C/C(=O)C1N=COC1Cc1ccc(F)cc1. The molecule has 116 valence electrons. The normalized spacial score (nSPS) is 20.5. The van der Waals surface area contributed by atoms with Crippen LogP contribution in [-0.4, -0.2) is 42.5 Å². The molecule has 2 unspecified atom stereocenters. The van der Waals surface area contributed by atoms with Crippen molar-refractivity contribution < 1.29 is 28.6 Å². The quantitative estimate of drug-likeness (QED) is 0.504. The lowest BCUT2D eigenvalue weighted by Crippen LogP contribution is -2.31. The van der Waals surface area contributed by atoms with Crippen LogP contribution in [0.3, 0.4) is 0 Å². The van der Waals surface area contributed by atoms with E-state index in [0.717, 1.165) is 25.1 Å². The number of nitrogens with zero attached hydrogens (tertiary/aromatic N) is 1. The van der Waals surface area contributed by atoms with Crippen LogP contribution < -0.4 is 0 Å². The van der Waals surface area contributed by atoms with E-state index in [2.05, 4.69) is 9.73 Å². The van der Waals surface area contributed by atoms with Gasteiger partial charge < -0.3 is 14.6 Å². The van der Waals surface area contributed by atoms with Crippen LogP contribution in [0.5, 0.6) is 0 Å². The van der Waals surface area contributed by atoms with E-state index in [1.807, 2.05) is 0 Å². The lowest BCUT2D eigenvalue weighted by molar-refractivity contribution is -0.139. The van der Waals surface area contributed by atoms with E-state index >= 15 is 0 Å². The van der Waals surface area contributed by atoms with E-state index in [9.17, 15) is 19.1 Å². The molecular formula is C15H14FNO5. The fourth-order valence-electron chi connectivity index (χ4n) is 2.00. The Bertz CT molecular complexity index is 623. The van der Waals surface area contributed by atoms with Crippen LogP contribution in [0.15, 0.2) is 41.1 Å². The van der Waals surface area contributed by atoms with Crippen LogP contribution in [0.1, 0.15) is 5.56 Å². The van der Waals surface area contributed by atoms with Gasteiger partial charge in [0.1, 0.15) is 11.9 Å². The fourth-order valence-corrected chi connectivity index (χ4v) is 2.00. The van der Waals surface area contributed by atoms with Gasteiger partial charge in [-0.15, -0.1) is 0 Å². The maximum absolute atomic E-state index is 12.9. The first-order valence-corrected chi connectivity index (χ1v) is 6.45. The van der Waals surface area contributed by atoms with Gasteiger partial charge in [-0.3, -0.25) is 4.79 Å². The summed E-state index contributed by atoms with van der Waals surface area (Å²) in [7, 11) is 1.09. The number of ketones is 1. The number of halogens is 1. The molecule has 1 aliphatic heterocycles. The molecule has 1 N–H and O–H groups in total. The largest absolute Gasteiger partial charge is 0.502 e. The Morgan fingerprint density at radius 1 is 1.41 bits per heavy atom. The Balaban J connectivity index is 2.06. The van der Waals surface area contributed by atoms with Crippen molar-refractivity contribution >= 4 is 18.2 Å². The number of hydrogen-bond donors (Lipinski definition) is 1. The highest BCUT2D eigenvalue weighted by atomic mass is 19.1. The monoisotopic (exact) mass is 307 g/mol. The van der Waals surface area contributed by atoms with Gasteiger partial charge >= 0.3 is 5.97 Å². The van der Waals surface area contributed by atoms with E-state index < -0.39 is 29.7 Å². The van der Waals surface area contributed by atoms with E-state index in [4.69, 9.17) is 4.74 Å². The summed E-state index contributed by atoms with van der Waals surface area (Å²) >= 11 is 0. The average molecular weight is 307 g/mol. The van der Waals surface area contributed by atoms with Gasteiger partial charge in [0.15, 0.2) is 18.2 Å². The maximum atomic E-state index is 12.9. The van der Waals surface area contributed by atoms with Gasteiger partial charge in [0, 0.05) is 12.5 Å². The Labute approximate surface area is 125 Å². The van der Waals surface area contributed by atoms with Crippen LogP contribution in [0.25, 0.3) is 0 Å². The Hall–Kier alpha value is -2.70. The molecule has 0 radical (unpaired) electrons. The third-order valence-corrected chi connectivity index (χ3v) is 3.12. The summed E-state index contributed by atoms with van der Waals surface area (Å²) in [6.45, 7) is 0. The minimum atomic E-state index is -1.01. The van der Waals surface area contributed by atoms with Gasteiger partial charge in [0.05, 0.1) is 7.11 Å². The molecule has 0 bridgehead atoms. The lowest BCUT2D eigenvalue weighted by Gasteiger charge is -2.15. The van der Waals surface area contributed by atoms with Crippen molar-refractivity contribution in [3.05, 3.63) is 47.5 Å². The Kier molecular flexibility index (Phi) is 4.88. The molecule has 1 heterocycles. The molecule has 0 amide bonds. The van der Waals surface area contributed by atoms with Crippen molar-refractivity contribution in [1.82, 2.24) is 0 Å². The second-order valence-corrected chi connectivity index (χ2v) is 4.63. The van der Waals surface area contributed by atoms with Gasteiger partial charge in [-0.2, -0.15) is 0 Å². The number of benzene rings is 1. The Morgan fingerprint density at radius 3 is 2.73 bits per heavy atom. The molecule has 2 rings (SSSR count). The number of aliphatic imine (C=N–C) groups is 1. The lowest BCUT2D eigenvalue weighted by atomic mass is 9.99. The number of rotatable bonds is 5. The third-order valence-electron chi connectivity index (χ3n) is 3.12. The minimum Gasteiger partial charge on any atom is -0.502 e. The molecule has 0 spiro atoms. The second-order valence-electron chi connectivity index (χ2n) is 4.63. The van der Waals surface area contributed by atoms with E-state index in [1.54, 1.807) is 12.1 Å². The first-order valence-electron chi connectivity index (χ1n) is 6.45. The molecule has 1 aromatic rings. The van der Waals surface area contributed by atoms with Crippen molar-refractivity contribution in [1.29, 1.82) is 0 Å². The first kappa shape index (κ1) is 15.7. The van der Waals surface area contributed by atoms with Gasteiger partial charge in [0.2, 0.25) is 5.76 Å². The molecule has 1 aliphatic rings. The topological polar surface area (TPSA) is 85.2 Å². The number of aliphatic hydroxyl groups excluding tert-OH is 1. The zero-order valence-corrected chi connectivity index (χ0v) is 11.7. The number of hydrogen-bond acceptors (Lipinski definition) is 6. The van der Waals surface area contributed by atoms with Gasteiger partial charge in [0.25, 0.3) is 0 Å². The van der Waals surface area contributed by atoms with Crippen LogP contribution in [0.4, 0.5) is 4.39 Å². The van der Waals surface area contributed by atoms with E-state index in [1.165, 1.54) is 12.1 Å². The molecule has 2 atom stereocenters. The molecule has 6 nitrogen and oxygen atoms in total. The first-order chi connectivity index (χ1) is 10.5. The molecule has 0 fully saturated rings. The third kappa shape index (κ3) is 3.69.